The molecule has 0 radical (unpaired) electrons. The van der Waals surface area contributed by atoms with Crippen molar-refractivity contribution in [3.05, 3.63) is 0 Å². The van der Waals surface area contributed by atoms with Crippen molar-refractivity contribution in [2.45, 2.75) is 72.8 Å². The molecule has 2 rings (SSSR count). The van der Waals surface area contributed by atoms with Crippen LogP contribution in [0.25, 0.3) is 0 Å². The summed E-state index contributed by atoms with van der Waals surface area (Å²) in [6.45, 7) is 12.8. The highest BCUT2D eigenvalue weighted by Crippen LogP contribution is 2.43. The summed E-state index contributed by atoms with van der Waals surface area (Å²) in [4.78, 5) is 0. The zero-order valence-electron chi connectivity index (χ0n) is 14.6. The Kier molecular flexibility index (Phi) is 5.71. The largest absolute Gasteiger partial charge is 0.616 e. The molecule has 0 spiro atoms. The lowest BCUT2D eigenvalue weighted by Gasteiger charge is -2.43. The molecule has 21 heavy (non-hydrogen) atoms. The normalized spacial score (nSPS) is 35.7. The highest BCUT2D eigenvalue weighted by Gasteiger charge is 2.39. The molecule has 0 saturated carbocycles. The van der Waals surface area contributed by atoms with E-state index in [0.29, 0.717) is 22.9 Å². The van der Waals surface area contributed by atoms with Crippen LogP contribution in [0, 0.1) is 22.7 Å². The zero-order chi connectivity index (χ0) is 15.7. The van der Waals surface area contributed by atoms with Gasteiger partial charge in [-0.15, -0.1) is 0 Å². The molecule has 0 aromatic rings. The minimum atomic E-state index is -0.551. The maximum absolute atomic E-state index is 11.6. The van der Waals surface area contributed by atoms with Gasteiger partial charge in [0.2, 0.25) is 0 Å². The van der Waals surface area contributed by atoms with Gasteiger partial charge in [0.25, 0.3) is 0 Å². The maximum Gasteiger partial charge on any atom is 0.105 e. The van der Waals surface area contributed by atoms with Crippen molar-refractivity contribution >= 4 is 11.2 Å². The van der Waals surface area contributed by atoms with Crippen molar-refractivity contribution in [3.8, 4) is 0 Å². The van der Waals surface area contributed by atoms with Gasteiger partial charge in [0, 0.05) is 6.61 Å². The van der Waals surface area contributed by atoms with E-state index in [2.05, 4.69) is 34.6 Å². The molecule has 2 atom stereocenters. The lowest BCUT2D eigenvalue weighted by atomic mass is 9.68. The Morgan fingerprint density at radius 3 is 2.19 bits per heavy atom. The number of hydrogen-bond acceptors (Lipinski definition) is 2. The van der Waals surface area contributed by atoms with E-state index >= 15 is 0 Å². The van der Waals surface area contributed by atoms with E-state index < -0.39 is 11.2 Å². The van der Waals surface area contributed by atoms with Crippen LogP contribution < -0.4 is 0 Å². The fraction of sp³-hybridized carbons (Fsp3) is 1.00. The van der Waals surface area contributed by atoms with Crippen LogP contribution in [0.4, 0.5) is 0 Å². The summed E-state index contributed by atoms with van der Waals surface area (Å²) in [6, 6.07) is 0. The maximum atomic E-state index is 11.6. The predicted octanol–water partition coefficient (Wildman–Crippen LogP) is 4.40. The van der Waals surface area contributed by atoms with E-state index in [0.717, 1.165) is 43.3 Å². The number of hydrogen-bond donors (Lipinski definition) is 0. The lowest BCUT2D eigenvalue weighted by Crippen LogP contribution is -2.39. The predicted molar refractivity (Wildman–Crippen MR) is 90.9 cm³/mol. The van der Waals surface area contributed by atoms with E-state index in [1.54, 1.807) is 0 Å². The Hall–Kier alpha value is 0.270. The summed E-state index contributed by atoms with van der Waals surface area (Å²) in [6.07, 6.45) is 6.28. The molecule has 2 aliphatic rings. The second-order valence-electron chi connectivity index (χ2n) is 8.90. The van der Waals surface area contributed by atoms with Crippen LogP contribution in [0.5, 0.6) is 0 Å². The fourth-order valence-corrected chi connectivity index (χ4v) is 5.44. The first-order chi connectivity index (χ1) is 9.68. The van der Waals surface area contributed by atoms with Crippen LogP contribution in [-0.4, -0.2) is 28.8 Å². The van der Waals surface area contributed by atoms with Gasteiger partial charge < -0.3 is 9.29 Å². The average Bonchev–Trinajstić information content (AvgIpc) is 2.38. The standard InChI is InChI=1S/C18H34O2S/c1-17(2,3)15-6-9-20-16(12-15)13-18(4,5)14-7-10-21(19)11-8-14/h14-16H,6-13H2,1-5H3. The molecule has 2 fully saturated rings. The van der Waals surface area contributed by atoms with Crippen LogP contribution in [0.3, 0.4) is 0 Å². The van der Waals surface area contributed by atoms with Crippen molar-refractivity contribution in [1.29, 1.82) is 0 Å². The third kappa shape index (κ3) is 4.87. The Balaban J connectivity index is 1.90. The SMILES string of the molecule is CC(C)(C)C1CCOC(CC(C)(C)C2CC[S+]([O-])CC2)C1. The Morgan fingerprint density at radius 1 is 1.00 bits per heavy atom. The zero-order valence-corrected chi connectivity index (χ0v) is 15.4. The highest BCUT2D eigenvalue weighted by atomic mass is 32.2. The Morgan fingerprint density at radius 2 is 1.62 bits per heavy atom. The topological polar surface area (TPSA) is 32.3 Å². The second kappa shape index (κ2) is 6.80. The average molecular weight is 315 g/mol. The first-order valence-corrected chi connectivity index (χ1v) is 10.1. The molecule has 2 aliphatic heterocycles. The van der Waals surface area contributed by atoms with Gasteiger partial charge in [0.15, 0.2) is 0 Å². The summed E-state index contributed by atoms with van der Waals surface area (Å²) in [5.41, 5.74) is 0.711. The lowest BCUT2D eigenvalue weighted by molar-refractivity contribution is -0.0605. The summed E-state index contributed by atoms with van der Waals surface area (Å²) < 4.78 is 17.7. The van der Waals surface area contributed by atoms with Gasteiger partial charge in [0.05, 0.1) is 6.10 Å². The van der Waals surface area contributed by atoms with Crippen molar-refractivity contribution in [2.24, 2.45) is 22.7 Å². The van der Waals surface area contributed by atoms with Crippen LogP contribution >= 0.6 is 0 Å². The third-order valence-electron chi connectivity index (χ3n) is 5.84. The molecule has 3 heteroatoms. The summed E-state index contributed by atoms with van der Waals surface area (Å²) in [5, 5.41) is 0. The van der Waals surface area contributed by atoms with E-state index in [1.165, 1.54) is 12.8 Å². The molecule has 0 aromatic heterocycles. The van der Waals surface area contributed by atoms with E-state index in [1.807, 2.05) is 0 Å². The summed E-state index contributed by atoms with van der Waals surface area (Å²) in [5.74, 6) is 3.31. The van der Waals surface area contributed by atoms with Gasteiger partial charge >= 0.3 is 0 Å². The molecule has 2 saturated heterocycles. The molecule has 2 unspecified atom stereocenters. The molecular formula is C18H34O2S. The first kappa shape index (κ1) is 17.6. The quantitative estimate of drug-likeness (QED) is 0.723. The minimum Gasteiger partial charge on any atom is -0.616 e. The molecule has 2 nitrogen and oxygen atoms in total. The van der Waals surface area contributed by atoms with Crippen molar-refractivity contribution < 1.29 is 9.29 Å². The number of rotatable bonds is 3. The molecule has 0 aliphatic carbocycles. The summed E-state index contributed by atoms with van der Waals surface area (Å²) >= 11 is -0.551. The smallest absolute Gasteiger partial charge is 0.105 e. The van der Waals surface area contributed by atoms with E-state index in [4.69, 9.17) is 4.74 Å². The monoisotopic (exact) mass is 314 g/mol. The van der Waals surface area contributed by atoms with Crippen molar-refractivity contribution in [1.82, 2.24) is 0 Å². The summed E-state index contributed by atoms with van der Waals surface area (Å²) in [7, 11) is 0. The van der Waals surface area contributed by atoms with Gasteiger partial charge in [-0.25, -0.2) is 0 Å². The second-order valence-corrected chi connectivity index (χ2v) is 10.6. The number of ether oxygens (including phenoxy) is 1. The van der Waals surface area contributed by atoms with Crippen molar-refractivity contribution in [2.75, 3.05) is 18.1 Å². The van der Waals surface area contributed by atoms with E-state index in [9.17, 15) is 4.55 Å². The highest BCUT2D eigenvalue weighted by molar-refractivity contribution is 7.91. The fourth-order valence-electron chi connectivity index (χ4n) is 4.14. The van der Waals surface area contributed by atoms with Crippen molar-refractivity contribution in [3.63, 3.8) is 0 Å². The van der Waals surface area contributed by atoms with Gasteiger partial charge in [0.1, 0.15) is 11.5 Å². The molecule has 2 heterocycles. The Labute approximate surface area is 134 Å². The molecule has 0 N–H and O–H groups in total. The van der Waals surface area contributed by atoms with Crippen LogP contribution in [0.1, 0.15) is 66.7 Å². The first-order valence-electron chi connectivity index (χ1n) is 8.65. The van der Waals surface area contributed by atoms with Gasteiger partial charge in [-0.2, -0.15) is 0 Å². The van der Waals surface area contributed by atoms with Gasteiger partial charge in [-0.05, 0) is 54.8 Å². The molecule has 0 aromatic carbocycles. The molecular weight excluding hydrogens is 280 g/mol. The van der Waals surface area contributed by atoms with Crippen LogP contribution in [0.15, 0.2) is 0 Å². The molecule has 124 valence electrons. The van der Waals surface area contributed by atoms with Gasteiger partial charge in [-0.3, -0.25) is 0 Å². The Bertz CT molecular complexity index is 327. The molecule has 0 amide bonds. The third-order valence-corrected chi connectivity index (χ3v) is 7.22. The van der Waals surface area contributed by atoms with Gasteiger partial charge in [-0.1, -0.05) is 45.8 Å². The molecule has 0 bridgehead atoms. The van der Waals surface area contributed by atoms with E-state index in [-0.39, 0.29) is 0 Å². The van der Waals surface area contributed by atoms with Crippen LogP contribution in [-0.2, 0) is 15.9 Å². The minimum absolute atomic E-state index is 0.315. The van der Waals surface area contributed by atoms with Crippen LogP contribution in [0.2, 0.25) is 0 Å².